The predicted molar refractivity (Wildman–Crippen MR) is 47.1 cm³/mol. The van der Waals surface area contributed by atoms with Gasteiger partial charge in [-0.1, -0.05) is 24.3 Å². The normalized spacial score (nSPS) is 26.9. The molecule has 0 saturated heterocycles. The summed E-state index contributed by atoms with van der Waals surface area (Å²) in [5.74, 6) is 0. The molecule has 0 spiro atoms. The zero-order chi connectivity index (χ0) is 9.31. The summed E-state index contributed by atoms with van der Waals surface area (Å²) in [5, 5.41) is 19.0. The zero-order valence-electron chi connectivity index (χ0n) is 7.23. The van der Waals surface area contributed by atoms with Crippen LogP contribution in [-0.4, -0.2) is 23.4 Å². The minimum absolute atomic E-state index is 0.167. The van der Waals surface area contributed by atoms with Crippen LogP contribution in [0, 0.1) is 0 Å². The smallest absolute Gasteiger partial charge is 0.136 e. The molecule has 0 aliphatic carbocycles. The van der Waals surface area contributed by atoms with Crippen molar-refractivity contribution in [1.29, 1.82) is 0 Å². The van der Waals surface area contributed by atoms with E-state index in [4.69, 9.17) is 9.84 Å². The summed E-state index contributed by atoms with van der Waals surface area (Å²) in [4.78, 5) is 0. The average molecular weight is 180 g/mol. The molecular weight excluding hydrogens is 168 g/mol. The maximum absolute atomic E-state index is 9.96. The van der Waals surface area contributed by atoms with Crippen molar-refractivity contribution in [2.24, 2.45) is 0 Å². The van der Waals surface area contributed by atoms with Crippen molar-refractivity contribution in [3.05, 3.63) is 35.4 Å². The highest BCUT2D eigenvalue weighted by atomic mass is 16.5. The molecule has 2 N–H and O–H groups in total. The first-order valence-electron chi connectivity index (χ1n) is 4.26. The van der Waals surface area contributed by atoms with Crippen LogP contribution in [0.15, 0.2) is 24.3 Å². The highest BCUT2D eigenvalue weighted by Crippen LogP contribution is 2.29. The van der Waals surface area contributed by atoms with Gasteiger partial charge in [0.05, 0.1) is 19.8 Å². The van der Waals surface area contributed by atoms with Gasteiger partial charge >= 0.3 is 0 Å². The fraction of sp³-hybridized carbons (Fsp3) is 0.400. The summed E-state index contributed by atoms with van der Waals surface area (Å²) in [7, 11) is 0. The molecule has 1 aromatic rings. The summed E-state index contributed by atoms with van der Waals surface area (Å²) in [5.41, 5.74) is 0.517. The lowest BCUT2D eigenvalue weighted by Gasteiger charge is -2.32. The molecule has 70 valence electrons. The number of rotatable bonds is 1. The van der Waals surface area contributed by atoms with Crippen molar-refractivity contribution in [3.8, 4) is 0 Å². The molecule has 0 fully saturated rings. The molecule has 3 heteroatoms. The third-order valence-corrected chi connectivity index (χ3v) is 2.38. The molecule has 1 aliphatic heterocycles. The Morgan fingerprint density at radius 3 is 2.92 bits per heavy atom. The first kappa shape index (κ1) is 8.69. The van der Waals surface area contributed by atoms with Gasteiger partial charge in [-0.05, 0) is 11.1 Å². The van der Waals surface area contributed by atoms with E-state index in [0.717, 1.165) is 11.1 Å². The van der Waals surface area contributed by atoms with Crippen molar-refractivity contribution in [1.82, 2.24) is 0 Å². The van der Waals surface area contributed by atoms with E-state index in [1.165, 1.54) is 0 Å². The number of fused-ring (bicyclic) bond motifs is 1. The lowest BCUT2D eigenvalue weighted by atomic mass is 9.89. The summed E-state index contributed by atoms with van der Waals surface area (Å²) in [6.45, 7) is 0.378. The molecule has 1 heterocycles. The SMILES string of the molecule is OCC1(O)COCc2ccccc21. The van der Waals surface area contributed by atoms with Crippen molar-refractivity contribution in [2.45, 2.75) is 12.2 Å². The van der Waals surface area contributed by atoms with Crippen molar-refractivity contribution < 1.29 is 14.9 Å². The Hall–Kier alpha value is -0.900. The minimum atomic E-state index is -1.21. The van der Waals surface area contributed by atoms with Gasteiger partial charge in [0, 0.05) is 0 Å². The van der Waals surface area contributed by atoms with Crippen LogP contribution in [0.5, 0.6) is 0 Å². The Kier molecular flexibility index (Phi) is 2.07. The molecule has 0 saturated carbocycles. The molecule has 0 bridgehead atoms. The van der Waals surface area contributed by atoms with E-state index in [1.807, 2.05) is 24.3 Å². The largest absolute Gasteiger partial charge is 0.393 e. The quantitative estimate of drug-likeness (QED) is 0.657. The van der Waals surface area contributed by atoms with Crippen LogP contribution in [0.25, 0.3) is 0 Å². The van der Waals surface area contributed by atoms with Crippen molar-refractivity contribution in [3.63, 3.8) is 0 Å². The van der Waals surface area contributed by atoms with E-state index in [0.29, 0.717) is 6.61 Å². The second kappa shape index (κ2) is 3.10. The highest BCUT2D eigenvalue weighted by Gasteiger charge is 2.34. The maximum atomic E-state index is 9.96. The van der Waals surface area contributed by atoms with Crippen LogP contribution < -0.4 is 0 Å². The van der Waals surface area contributed by atoms with Gasteiger partial charge in [0.1, 0.15) is 5.60 Å². The maximum Gasteiger partial charge on any atom is 0.136 e. The Labute approximate surface area is 76.6 Å². The first-order chi connectivity index (χ1) is 6.26. The number of aliphatic hydroxyl groups excluding tert-OH is 1. The van der Waals surface area contributed by atoms with Crippen LogP contribution in [0.2, 0.25) is 0 Å². The Morgan fingerprint density at radius 1 is 1.38 bits per heavy atom. The molecule has 0 radical (unpaired) electrons. The number of aliphatic hydroxyl groups is 2. The van der Waals surface area contributed by atoms with Crippen LogP contribution in [0.3, 0.4) is 0 Å². The van der Waals surface area contributed by atoms with Crippen LogP contribution in [0.4, 0.5) is 0 Å². The van der Waals surface area contributed by atoms with Gasteiger partial charge in [-0.3, -0.25) is 0 Å². The lowest BCUT2D eigenvalue weighted by molar-refractivity contribution is -0.101. The van der Waals surface area contributed by atoms with Crippen LogP contribution in [-0.2, 0) is 16.9 Å². The van der Waals surface area contributed by atoms with E-state index in [9.17, 15) is 5.11 Å². The van der Waals surface area contributed by atoms with Gasteiger partial charge in [0.15, 0.2) is 0 Å². The molecule has 2 rings (SSSR count). The highest BCUT2D eigenvalue weighted by molar-refractivity contribution is 5.33. The third kappa shape index (κ3) is 1.35. The predicted octanol–water partition coefficient (Wildman–Crippen LogP) is 0.397. The molecule has 3 nitrogen and oxygen atoms in total. The molecule has 13 heavy (non-hydrogen) atoms. The second-order valence-electron chi connectivity index (χ2n) is 3.34. The Morgan fingerprint density at radius 2 is 2.15 bits per heavy atom. The molecule has 0 aromatic heterocycles. The van der Waals surface area contributed by atoms with Crippen molar-refractivity contribution >= 4 is 0 Å². The van der Waals surface area contributed by atoms with Gasteiger partial charge in [-0.2, -0.15) is 0 Å². The Bertz CT molecular complexity index is 311. The number of ether oxygens (including phenoxy) is 1. The summed E-state index contributed by atoms with van der Waals surface area (Å²) < 4.78 is 5.19. The van der Waals surface area contributed by atoms with Gasteiger partial charge in [-0.15, -0.1) is 0 Å². The van der Waals surface area contributed by atoms with Gasteiger partial charge in [-0.25, -0.2) is 0 Å². The fourth-order valence-corrected chi connectivity index (χ4v) is 1.64. The first-order valence-corrected chi connectivity index (χ1v) is 4.26. The molecule has 1 aliphatic rings. The van der Waals surface area contributed by atoms with Crippen LogP contribution in [0.1, 0.15) is 11.1 Å². The number of hydrogen-bond donors (Lipinski definition) is 2. The Balaban J connectivity index is 2.48. The topological polar surface area (TPSA) is 49.7 Å². The molecule has 1 aromatic carbocycles. The van der Waals surface area contributed by atoms with Crippen LogP contribution >= 0.6 is 0 Å². The zero-order valence-corrected chi connectivity index (χ0v) is 7.23. The van der Waals surface area contributed by atoms with E-state index in [1.54, 1.807) is 0 Å². The summed E-state index contributed by atoms with van der Waals surface area (Å²) in [6, 6.07) is 7.47. The van der Waals surface area contributed by atoms with E-state index in [-0.39, 0.29) is 13.2 Å². The summed E-state index contributed by atoms with van der Waals surface area (Å²) in [6.07, 6.45) is 0. The van der Waals surface area contributed by atoms with Gasteiger partial charge in [0.2, 0.25) is 0 Å². The third-order valence-electron chi connectivity index (χ3n) is 2.38. The monoisotopic (exact) mass is 180 g/mol. The summed E-state index contributed by atoms with van der Waals surface area (Å²) >= 11 is 0. The molecular formula is C10H12O3. The van der Waals surface area contributed by atoms with E-state index < -0.39 is 5.60 Å². The number of benzene rings is 1. The number of hydrogen-bond acceptors (Lipinski definition) is 3. The lowest BCUT2D eigenvalue weighted by Crippen LogP contribution is -2.39. The second-order valence-corrected chi connectivity index (χ2v) is 3.34. The fourth-order valence-electron chi connectivity index (χ4n) is 1.64. The minimum Gasteiger partial charge on any atom is -0.393 e. The van der Waals surface area contributed by atoms with E-state index in [2.05, 4.69) is 0 Å². The molecule has 1 unspecified atom stereocenters. The standard InChI is InChI=1S/C10H12O3/c11-6-10(12)7-13-5-8-3-1-2-4-9(8)10/h1-4,11-12H,5-7H2. The van der Waals surface area contributed by atoms with Gasteiger partial charge < -0.3 is 14.9 Å². The average Bonchev–Trinajstić information content (AvgIpc) is 2.19. The van der Waals surface area contributed by atoms with Gasteiger partial charge in [0.25, 0.3) is 0 Å². The van der Waals surface area contributed by atoms with E-state index >= 15 is 0 Å². The molecule has 1 atom stereocenters. The van der Waals surface area contributed by atoms with Crippen molar-refractivity contribution in [2.75, 3.05) is 13.2 Å². The molecule has 0 amide bonds.